The van der Waals surface area contributed by atoms with Crippen molar-refractivity contribution in [3.05, 3.63) is 23.9 Å². The number of nitrogens with zero attached hydrogens (tertiary/aromatic N) is 3. The number of fused-ring (bicyclic) bond motifs is 7. The molecule has 2 saturated carbocycles. The van der Waals surface area contributed by atoms with E-state index in [0.717, 1.165) is 43.3 Å². The molecular formula is C33H43N3O7. The van der Waals surface area contributed by atoms with E-state index in [1.165, 1.54) is 4.90 Å². The maximum atomic E-state index is 14.2. The van der Waals surface area contributed by atoms with Crippen molar-refractivity contribution in [2.24, 2.45) is 29.1 Å². The third-order valence-corrected chi connectivity index (χ3v) is 10.0. The summed E-state index contributed by atoms with van der Waals surface area (Å²) in [5.74, 6) is -0.911. The van der Waals surface area contributed by atoms with Crippen LogP contribution in [0.1, 0.15) is 84.3 Å². The topological polar surface area (TPSA) is 128 Å². The Morgan fingerprint density at radius 3 is 2.53 bits per heavy atom. The minimum atomic E-state index is -1.08. The van der Waals surface area contributed by atoms with Crippen LogP contribution in [0.4, 0.5) is 0 Å². The number of hydrogen-bond donors (Lipinski definition) is 1. The van der Waals surface area contributed by atoms with Crippen molar-refractivity contribution < 1.29 is 33.7 Å². The first-order chi connectivity index (χ1) is 20.5. The van der Waals surface area contributed by atoms with Gasteiger partial charge in [0.2, 0.25) is 11.8 Å². The third kappa shape index (κ3) is 5.89. The molecule has 4 aliphatic rings. The van der Waals surface area contributed by atoms with Crippen LogP contribution in [-0.4, -0.2) is 69.7 Å². The van der Waals surface area contributed by atoms with Gasteiger partial charge in [-0.15, -0.1) is 0 Å². The molecule has 1 aromatic carbocycles. The maximum Gasteiger partial charge on any atom is 0.326 e. The van der Waals surface area contributed by atoms with E-state index >= 15 is 0 Å². The van der Waals surface area contributed by atoms with Gasteiger partial charge in [-0.25, -0.2) is 14.8 Å². The highest BCUT2D eigenvalue weighted by molar-refractivity contribution is 5.89. The maximum absolute atomic E-state index is 14.2. The van der Waals surface area contributed by atoms with Crippen LogP contribution in [0.5, 0.6) is 11.6 Å². The van der Waals surface area contributed by atoms with Crippen molar-refractivity contribution in [3.63, 3.8) is 0 Å². The summed E-state index contributed by atoms with van der Waals surface area (Å²) in [4.78, 5) is 51.3. The molecule has 2 aromatic rings. The Balaban J connectivity index is 1.40. The van der Waals surface area contributed by atoms with Gasteiger partial charge in [0.1, 0.15) is 29.7 Å². The van der Waals surface area contributed by atoms with E-state index in [1.54, 1.807) is 7.11 Å². The second-order valence-corrected chi connectivity index (χ2v) is 14.0. The van der Waals surface area contributed by atoms with E-state index in [1.807, 2.05) is 45.9 Å². The van der Waals surface area contributed by atoms with Gasteiger partial charge < -0.3 is 24.2 Å². The second-order valence-electron chi connectivity index (χ2n) is 14.0. The Bertz CT molecular complexity index is 1420. The summed E-state index contributed by atoms with van der Waals surface area (Å²) in [6.07, 6.45) is 4.69. The number of carbonyl (C=O) groups is 3. The number of ether oxygens (including phenoxy) is 3. The number of carboxylic acid groups (broad SMARTS) is 1. The van der Waals surface area contributed by atoms with Crippen molar-refractivity contribution in [2.45, 2.75) is 96.8 Å². The highest BCUT2D eigenvalue weighted by Crippen LogP contribution is 2.53. The fourth-order valence-corrected chi connectivity index (χ4v) is 7.22. The molecule has 0 radical (unpaired) electrons. The summed E-state index contributed by atoms with van der Waals surface area (Å²) in [6, 6.07) is 4.51. The molecule has 1 N–H and O–H groups in total. The predicted octanol–water partition coefficient (Wildman–Crippen LogP) is 4.98. The molecule has 2 aliphatic heterocycles. The summed E-state index contributed by atoms with van der Waals surface area (Å²) in [5.41, 5.74) is 1.62. The van der Waals surface area contributed by atoms with E-state index in [2.05, 4.69) is 0 Å². The summed E-state index contributed by atoms with van der Waals surface area (Å²) >= 11 is 0. The van der Waals surface area contributed by atoms with E-state index in [0.29, 0.717) is 35.4 Å². The van der Waals surface area contributed by atoms with Gasteiger partial charge in [-0.3, -0.25) is 9.59 Å². The molecule has 1 amide bonds. The molecule has 8 atom stereocenters. The van der Waals surface area contributed by atoms with Crippen LogP contribution in [0.3, 0.4) is 0 Å². The zero-order valence-corrected chi connectivity index (χ0v) is 25.7. The molecule has 3 heterocycles. The van der Waals surface area contributed by atoms with Crippen molar-refractivity contribution in [1.82, 2.24) is 14.9 Å². The first kappa shape index (κ1) is 29.6. The van der Waals surface area contributed by atoms with Gasteiger partial charge >= 0.3 is 11.9 Å². The number of benzene rings is 1. The molecule has 3 fully saturated rings. The average Bonchev–Trinajstić information content (AvgIpc) is 3.86. The van der Waals surface area contributed by atoms with Gasteiger partial charge in [-0.05, 0) is 61.5 Å². The molecule has 6 rings (SSSR count). The summed E-state index contributed by atoms with van der Waals surface area (Å²) in [5, 5.41) is 10.4. The summed E-state index contributed by atoms with van der Waals surface area (Å²) in [7, 11) is 1.60. The minimum absolute atomic E-state index is 0.0808. The summed E-state index contributed by atoms with van der Waals surface area (Å²) < 4.78 is 17.9. The highest BCUT2D eigenvalue weighted by Gasteiger charge is 2.52. The van der Waals surface area contributed by atoms with Crippen LogP contribution in [-0.2, 0) is 19.1 Å². The Kier molecular flexibility index (Phi) is 7.75. The number of amides is 1. The quantitative estimate of drug-likeness (QED) is 0.490. The molecule has 43 heavy (non-hydrogen) atoms. The standard InChI is InChI=1S/C33H43N3O7/c1-6-20-26-16-36(29(20)32(39)40)31(38)22(33(2,3)4)15-27(37)42-25-13-18(25)9-7-8-17-12-21(17)28-30(43-26)35-24-14-19(41-5)10-11-23(24)34-28/h10-11,14,17-18,20-22,25-26,29H,6-9,12-13,15-16H2,1-5H3,(H,39,40)/t17?,18-,20-,21?,22-,25-,26+,29+/m1/s1. The van der Waals surface area contributed by atoms with Crippen LogP contribution in [0, 0.1) is 29.1 Å². The molecule has 0 spiro atoms. The fraction of sp³-hybridized carbons (Fsp3) is 0.667. The minimum Gasteiger partial charge on any atom is -0.497 e. The fourth-order valence-electron chi connectivity index (χ4n) is 7.22. The lowest BCUT2D eigenvalue weighted by Crippen LogP contribution is -2.48. The molecular weight excluding hydrogens is 550 g/mol. The Morgan fingerprint density at radius 1 is 1.07 bits per heavy atom. The normalized spacial score (nSPS) is 32.8. The van der Waals surface area contributed by atoms with Gasteiger partial charge in [-0.2, -0.15) is 0 Å². The highest BCUT2D eigenvalue weighted by atomic mass is 16.5. The number of aliphatic carboxylic acids is 1. The van der Waals surface area contributed by atoms with E-state index in [4.69, 9.17) is 24.2 Å². The molecule has 2 bridgehead atoms. The first-order valence-electron chi connectivity index (χ1n) is 15.7. The zero-order chi connectivity index (χ0) is 30.6. The van der Waals surface area contributed by atoms with Crippen LogP contribution < -0.4 is 9.47 Å². The van der Waals surface area contributed by atoms with Crippen molar-refractivity contribution in [1.29, 1.82) is 0 Å². The molecule has 2 unspecified atom stereocenters. The number of hydrogen-bond acceptors (Lipinski definition) is 8. The lowest BCUT2D eigenvalue weighted by Gasteiger charge is -2.34. The van der Waals surface area contributed by atoms with E-state index < -0.39 is 35.4 Å². The van der Waals surface area contributed by atoms with Crippen LogP contribution in [0.15, 0.2) is 18.2 Å². The van der Waals surface area contributed by atoms with Crippen LogP contribution >= 0.6 is 0 Å². The molecule has 1 aromatic heterocycles. The Morgan fingerprint density at radius 2 is 1.84 bits per heavy atom. The number of carbonyl (C=O) groups excluding carboxylic acids is 2. The number of esters is 1. The van der Waals surface area contributed by atoms with Crippen molar-refractivity contribution >= 4 is 28.9 Å². The molecule has 10 nitrogen and oxygen atoms in total. The lowest BCUT2D eigenvalue weighted by molar-refractivity contribution is -0.157. The number of methoxy groups -OCH3 is 1. The largest absolute Gasteiger partial charge is 0.497 e. The third-order valence-electron chi connectivity index (χ3n) is 10.0. The smallest absolute Gasteiger partial charge is 0.326 e. The second kappa shape index (κ2) is 11.2. The number of carboxylic acids is 1. The van der Waals surface area contributed by atoms with E-state index in [-0.39, 0.29) is 36.9 Å². The van der Waals surface area contributed by atoms with Gasteiger partial charge in [0.05, 0.1) is 37.0 Å². The predicted molar refractivity (Wildman–Crippen MR) is 158 cm³/mol. The number of aromatic nitrogens is 2. The summed E-state index contributed by atoms with van der Waals surface area (Å²) in [6.45, 7) is 7.72. The molecule has 1 saturated heterocycles. The SMILES string of the molecule is CC[C@@H]1[C@@H]2CN(C(=O)[C@H](C(C)(C)C)CC(=O)O[C@@H]3C[C@H]3CCCC3CC3c3nc4ccc(OC)cc4nc3O2)[C@@H]1C(=O)O. The van der Waals surface area contributed by atoms with Gasteiger partial charge in [-0.1, -0.05) is 34.1 Å². The van der Waals surface area contributed by atoms with Crippen LogP contribution in [0.2, 0.25) is 0 Å². The van der Waals surface area contributed by atoms with Gasteiger partial charge in [0.15, 0.2) is 0 Å². The first-order valence-corrected chi connectivity index (χ1v) is 15.7. The Hall–Kier alpha value is -3.43. The Labute approximate surface area is 252 Å². The van der Waals surface area contributed by atoms with Crippen molar-refractivity contribution in [3.8, 4) is 11.6 Å². The van der Waals surface area contributed by atoms with E-state index in [9.17, 15) is 19.5 Å². The average molecular weight is 594 g/mol. The van der Waals surface area contributed by atoms with Crippen molar-refractivity contribution in [2.75, 3.05) is 13.7 Å². The van der Waals surface area contributed by atoms with Crippen LogP contribution in [0.25, 0.3) is 11.0 Å². The molecule has 2 aliphatic carbocycles. The zero-order valence-electron chi connectivity index (χ0n) is 25.7. The number of rotatable bonds is 3. The van der Waals surface area contributed by atoms with Gasteiger partial charge in [0.25, 0.3) is 0 Å². The molecule has 10 heteroatoms. The molecule has 232 valence electrons. The monoisotopic (exact) mass is 593 g/mol. The van der Waals surface area contributed by atoms with Gasteiger partial charge in [0, 0.05) is 17.9 Å². The lowest BCUT2D eigenvalue weighted by atomic mass is 9.77.